The fraction of sp³-hybridized carbons (Fsp3) is 0.730. The Morgan fingerprint density at radius 1 is 0.702 bits per heavy atom. The van der Waals surface area contributed by atoms with Crippen molar-refractivity contribution >= 4 is 18.0 Å². The fourth-order valence-corrected chi connectivity index (χ4v) is 15.7. The van der Waals surface area contributed by atoms with Crippen LogP contribution in [0.1, 0.15) is 135 Å². The Morgan fingerprint density at radius 2 is 1.29 bits per heavy atom. The maximum atomic E-state index is 13.9. The molecule has 0 spiro atoms. The first-order valence-corrected chi connectivity index (χ1v) is 30.1. The molecule has 3 saturated carbocycles. The van der Waals surface area contributed by atoms with Gasteiger partial charge in [-0.3, -0.25) is 4.98 Å². The molecule has 1 aromatic carbocycles. The van der Waals surface area contributed by atoms with Gasteiger partial charge in [0.1, 0.15) is 53.4 Å². The number of esters is 2. The summed E-state index contributed by atoms with van der Waals surface area (Å²) >= 11 is 0. The van der Waals surface area contributed by atoms with Gasteiger partial charge in [-0.1, -0.05) is 55.8 Å². The molecule has 466 valence electrons. The maximum absolute atomic E-state index is 13.9. The smallest absolute Gasteiger partial charge is 0.340 e. The number of aromatic nitrogens is 1. The number of methoxy groups -OCH3 is 3. The second-order valence-corrected chi connectivity index (χ2v) is 25.2. The predicted octanol–water partition coefficient (Wildman–Crippen LogP) is 5.63. The first-order chi connectivity index (χ1) is 40.0. The number of carbonyl (C=O) groups excluding carboxylic acids is 2. The number of carbonyl (C=O) groups is 2. The summed E-state index contributed by atoms with van der Waals surface area (Å²) in [6, 6.07) is 12.4. The molecule has 4 saturated heterocycles. The van der Waals surface area contributed by atoms with Gasteiger partial charge < -0.3 is 87.1 Å². The van der Waals surface area contributed by atoms with Gasteiger partial charge in [-0.25, -0.2) is 9.59 Å². The van der Waals surface area contributed by atoms with Crippen molar-refractivity contribution in [1.82, 2.24) is 4.98 Å². The molecule has 5 N–H and O–H groups in total. The van der Waals surface area contributed by atoms with Crippen molar-refractivity contribution in [3.8, 4) is 0 Å². The monoisotopic (exact) mass is 1180 g/mol. The van der Waals surface area contributed by atoms with Crippen molar-refractivity contribution in [2.75, 3.05) is 21.3 Å². The number of ether oxygens (including phenoxy) is 13. The van der Waals surface area contributed by atoms with Crippen molar-refractivity contribution in [2.24, 2.45) is 16.7 Å². The number of rotatable bonds is 17. The second-order valence-electron chi connectivity index (χ2n) is 25.2. The van der Waals surface area contributed by atoms with Crippen LogP contribution in [0, 0.1) is 16.7 Å². The Labute approximate surface area is 492 Å². The molecule has 5 heterocycles. The number of hydrogen-bond donors (Lipinski definition) is 5. The lowest BCUT2D eigenvalue weighted by molar-refractivity contribution is -0.346. The standard InChI is InChI=1S/C63H89NO20/c1-34-54(67)44(72-8)29-51(75-34)83-56-37(4)78-53(31-46(56)74-10)84-57-36(3)77-52(30-45(57)73-9)82-55-35(2)76-50(28-43(55)65)80-42-21-22-59(6)41(27-42)20-23-62(70)47(59)32-48(81-49(66)19-18-39-15-12-11-13-16-39)60(7)61(69,24-25-63(60,62)71)38(5)79-58(68)40-17-14-26-64-33-40/h11-20,26,33-38,42-48,50-57,65,67,69-71H,21-25,27-32H2,1-10H3/b19-18+/t34-,35+,36-,37+,38?,42-,43-,44+,45-,46-,47+,48+,50-,51-,52-,53-,54-,55+,56+,57+,59-,60+,61+,62-,63+/m0/s1. The highest BCUT2D eigenvalue weighted by Crippen LogP contribution is 2.71. The molecule has 10 rings (SSSR count). The van der Waals surface area contributed by atoms with Gasteiger partial charge in [-0.05, 0) is 109 Å². The van der Waals surface area contributed by atoms with E-state index in [1.54, 1.807) is 60.3 Å². The van der Waals surface area contributed by atoms with Gasteiger partial charge >= 0.3 is 11.9 Å². The summed E-state index contributed by atoms with van der Waals surface area (Å²) in [4.78, 5) is 31.4. The minimum atomic E-state index is -2.02. The minimum Gasteiger partial charge on any atom is -0.458 e. The Balaban J connectivity index is 0.767. The zero-order chi connectivity index (χ0) is 60.1. The number of pyridine rings is 1. The summed E-state index contributed by atoms with van der Waals surface area (Å²) in [7, 11) is 4.78. The lowest BCUT2D eigenvalue weighted by Crippen LogP contribution is -2.78. The van der Waals surface area contributed by atoms with Crippen LogP contribution in [0.15, 0.2) is 72.6 Å². The third-order valence-corrected chi connectivity index (χ3v) is 20.6. The van der Waals surface area contributed by atoms with Gasteiger partial charge in [-0.15, -0.1) is 0 Å². The van der Waals surface area contributed by atoms with Crippen LogP contribution in [0.5, 0.6) is 0 Å². The third kappa shape index (κ3) is 11.7. The molecule has 0 bridgehead atoms. The van der Waals surface area contributed by atoms with Crippen molar-refractivity contribution in [2.45, 2.75) is 253 Å². The Kier molecular flexibility index (Phi) is 19.0. The third-order valence-electron chi connectivity index (χ3n) is 20.6. The molecule has 4 aliphatic carbocycles. The summed E-state index contributed by atoms with van der Waals surface area (Å²) in [5.74, 6) is -2.05. The molecule has 0 radical (unpaired) electrons. The highest BCUT2D eigenvalue weighted by atomic mass is 16.8. The van der Waals surface area contributed by atoms with Crippen molar-refractivity contribution < 1.29 is 96.7 Å². The van der Waals surface area contributed by atoms with Crippen LogP contribution in [0.25, 0.3) is 6.08 Å². The van der Waals surface area contributed by atoms with Crippen LogP contribution >= 0.6 is 0 Å². The Bertz CT molecular complexity index is 2620. The number of nitrogens with zero attached hydrogens (tertiary/aromatic N) is 1. The van der Waals surface area contributed by atoms with Crippen molar-refractivity contribution in [3.63, 3.8) is 0 Å². The largest absolute Gasteiger partial charge is 0.458 e. The molecule has 8 aliphatic rings. The van der Waals surface area contributed by atoms with E-state index in [0.29, 0.717) is 38.5 Å². The average Bonchev–Trinajstić information content (AvgIpc) is 1.45. The number of hydrogen-bond acceptors (Lipinski definition) is 21. The lowest BCUT2D eigenvalue weighted by atomic mass is 9.42. The predicted molar refractivity (Wildman–Crippen MR) is 299 cm³/mol. The Hall–Kier alpha value is -3.85. The first-order valence-electron chi connectivity index (χ1n) is 30.1. The fourth-order valence-electron chi connectivity index (χ4n) is 15.7. The van der Waals surface area contributed by atoms with Gasteiger partial charge in [0, 0.05) is 71.4 Å². The summed E-state index contributed by atoms with van der Waals surface area (Å²) in [6.45, 7) is 12.7. The van der Waals surface area contributed by atoms with E-state index in [4.69, 9.17) is 61.6 Å². The van der Waals surface area contributed by atoms with Gasteiger partial charge in [0.05, 0.1) is 65.9 Å². The second kappa shape index (κ2) is 25.3. The van der Waals surface area contributed by atoms with Crippen LogP contribution in [0.2, 0.25) is 0 Å². The number of aliphatic hydroxyl groups is 5. The Morgan fingerprint density at radius 3 is 1.88 bits per heavy atom. The highest BCUT2D eigenvalue weighted by molar-refractivity contribution is 5.89. The molecular formula is C63H89NO20. The van der Waals surface area contributed by atoms with Gasteiger partial charge in [0.15, 0.2) is 25.2 Å². The molecule has 21 heteroatoms. The highest BCUT2D eigenvalue weighted by Gasteiger charge is 2.81. The molecule has 0 amide bonds. The molecule has 25 atom stereocenters. The van der Waals surface area contributed by atoms with Gasteiger partial charge in [0.25, 0.3) is 0 Å². The van der Waals surface area contributed by atoms with E-state index in [0.717, 1.165) is 11.1 Å². The van der Waals surface area contributed by atoms with E-state index in [1.165, 1.54) is 18.5 Å². The molecule has 21 nitrogen and oxygen atoms in total. The quantitative estimate of drug-likeness (QED) is 0.0729. The van der Waals surface area contributed by atoms with E-state index in [1.807, 2.05) is 57.2 Å². The van der Waals surface area contributed by atoms with E-state index < -0.39 is 156 Å². The summed E-state index contributed by atoms with van der Waals surface area (Å²) in [6.07, 6.45) is -1.76. The molecule has 2 aromatic rings. The van der Waals surface area contributed by atoms with E-state index in [-0.39, 0.29) is 43.8 Å². The van der Waals surface area contributed by atoms with Gasteiger partial charge in [0.2, 0.25) is 0 Å². The maximum Gasteiger partial charge on any atom is 0.340 e. The molecule has 7 fully saturated rings. The van der Waals surface area contributed by atoms with Crippen LogP contribution in [0.3, 0.4) is 0 Å². The SMILES string of the molecule is CO[C@H]1C[C@H](O[C@H]2[C@@H](O)C[C@H](O[C@H]3CC[C@@]4(C)C(=CC[C@]5(O)[C@@H]4C[C@@H](OC(=O)/C=C/c4ccccc4)[C@@]4(C)[C@]5(O)CC[C@@]4(O)C(C)OC(=O)c4cccnc4)C3)O[C@@H]2C)O[C@@H](C)[C@H]1O[C@H]1C[C@H](OC)[C@H](O[C@H]2C[C@@H](OC)[C@@H](O)[C@H](C)O2)[C@@H](C)O1. The van der Waals surface area contributed by atoms with E-state index >= 15 is 0 Å². The van der Waals surface area contributed by atoms with E-state index in [2.05, 4.69) is 11.9 Å². The zero-order valence-electron chi connectivity index (χ0n) is 50.1. The van der Waals surface area contributed by atoms with Crippen LogP contribution in [-0.4, -0.2) is 197 Å². The first kappa shape index (κ1) is 63.2. The molecular weight excluding hydrogens is 1090 g/mol. The molecule has 1 aromatic heterocycles. The van der Waals surface area contributed by atoms with E-state index in [9.17, 15) is 35.1 Å². The lowest BCUT2D eigenvalue weighted by Gasteiger charge is -2.67. The zero-order valence-corrected chi connectivity index (χ0v) is 50.1. The van der Waals surface area contributed by atoms with Crippen molar-refractivity contribution in [3.05, 3.63) is 83.7 Å². The molecule has 1 unspecified atom stereocenters. The number of aliphatic hydroxyl groups excluding tert-OH is 2. The van der Waals surface area contributed by atoms with Gasteiger partial charge in [-0.2, -0.15) is 0 Å². The van der Waals surface area contributed by atoms with Crippen molar-refractivity contribution in [1.29, 1.82) is 0 Å². The molecule has 4 aliphatic heterocycles. The summed E-state index contributed by atoms with van der Waals surface area (Å²) < 4.78 is 81.1. The topological polar surface area (TPSA) is 268 Å². The number of benzene rings is 1. The number of fused-ring (bicyclic) bond motifs is 5. The molecule has 84 heavy (non-hydrogen) atoms. The summed E-state index contributed by atoms with van der Waals surface area (Å²) in [5, 5.41) is 61.9. The normalized spacial score (nSPS) is 45.4. The minimum absolute atomic E-state index is 0.0425. The van der Waals surface area contributed by atoms with Crippen LogP contribution < -0.4 is 0 Å². The average molecular weight is 1180 g/mol. The van der Waals surface area contributed by atoms with Crippen LogP contribution in [0.4, 0.5) is 0 Å². The summed E-state index contributed by atoms with van der Waals surface area (Å²) in [5.41, 5.74) is -6.24. The van der Waals surface area contributed by atoms with Crippen LogP contribution in [-0.2, 0) is 66.4 Å².